The SMILES string of the molecule is COCCCN1C(=O)COc2ccc(COC3CN(C(=O)O)CCC3c3ccc(OCCCOc4ccc(F)cc4F)cc3)cc21. The molecule has 1 saturated heterocycles. The lowest BCUT2D eigenvalue weighted by Crippen LogP contribution is -2.46. The van der Waals surface area contributed by atoms with Crippen molar-refractivity contribution in [3.63, 3.8) is 0 Å². The summed E-state index contributed by atoms with van der Waals surface area (Å²) in [6.45, 7) is 2.43. The number of amides is 2. The Kier molecular flexibility index (Phi) is 11.3. The van der Waals surface area contributed by atoms with E-state index in [0.29, 0.717) is 62.8 Å². The fourth-order valence-corrected chi connectivity index (χ4v) is 5.63. The van der Waals surface area contributed by atoms with Gasteiger partial charge >= 0.3 is 6.09 Å². The first-order valence-electron chi connectivity index (χ1n) is 15.3. The van der Waals surface area contributed by atoms with E-state index in [1.807, 2.05) is 42.5 Å². The minimum Gasteiger partial charge on any atom is -0.493 e. The molecule has 3 aromatic carbocycles. The Morgan fingerprint density at radius 1 is 1.00 bits per heavy atom. The van der Waals surface area contributed by atoms with Crippen LogP contribution >= 0.6 is 0 Å². The van der Waals surface area contributed by atoms with Crippen LogP contribution in [0.5, 0.6) is 17.2 Å². The Hall–Kier alpha value is -4.42. The van der Waals surface area contributed by atoms with E-state index in [2.05, 4.69) is 0 Å². The molecule has 5 rings (SSSR count). The molecule has 0 saturated carbocycles. The number of hydrogen-bond donors (Lipinski definition) is 1. The molecule has 2 amide bonds. The van der Waals surface area contributed by atoms with E-state index in [4.69, 9.17) is 23.7 Å². The van der Waals surface area contributed by atoms with Crippen LogP contribution in [0, 0.1) is 11.6 Å². The van der Waals surface area contributed by atoms with E-state index in [1.165, 1.54) is 11.0 Å². The average Bonchev–Trinajstić information content (AvgIpc) is 3.05. The van der Waals surface area contributed by atoms with E-state index in [9.17, 15) is 23.5 Å². The number of likely N-dealkylation sites (tertiary alicyclic amines) is 1. The molecule has 3 aromatic rings. The van der Waals surface area contributed by atoms with E-state index in [-0.39, 0.29) is 43.9 Å². The van der Waals surface area contributed by atoms with E-state index >= 15 is 0 Å². The average molecular weight is 641 g/mol. The van der Waals surface area contributed by atoms with Gasteiger partial charge in [0.05, 0.1) is 38.2 Å². The molecule has 12 heteroatoms. The molecule has 46 heavy (non-hydrogen) atoms. The molecular weight excluding hydrogens is 602 g/mol. The Morgan fingerprint density at radius 2 is 1.80 bits per heavy atom. The van der Waals surface area contributed by atoms with E-state index in [0.717, 1.165) is 23.3 Å². The first kappa shape index (κ1) is 33.0. The lowest BCUT2D eigenvalue weighted by molar-refractivity contribution is -0.121. The summed E-state index contributed by atoms with van der Waals surface area (Å²) in [6.07, 6.45) is 0.392. The molecule has 2 aliphatic rings. The number of halogens is 2. The highest BCUT2D eigenvalue weighted by atomic mass is 19.1. The number of rotatable bonds is 14. The van der Waals surface area contributed by atoms with Crippen LogP contribution in [0.2, 0.25) is 0 Å². The van der Waals surface area contributed by atoms with Gasteiger partial charge in [-0.3, -0.25) is 4.79 Å². The maximum absolute atomic E-state index is 13.7. The largest absolute Gasteiger partial charge is 0.493 e. The van der Waals surface area contributed by atoms with Gasteiger partial charge < -0.3 is 38.6 Å². The highest BCUT2D eigenvalue weighted by Crippen LogP contribution is 2.35. The Morgan fingerprint density at radius 3 is 2.57 bits per heavy atom. The van der Waals surface area contributed by atoms with Crippen molar-refractivity contribution in [2.75, 3.05) is 58.1 Å². The van der Waals surface area contributed by atoms with Gasteiger partial charge in [0.15, 0.2) is 18.2 Å². The predicted molar refractivity (Wildman–Crippen MR) is 165 cm³/mol. The second-order valence-corrected chi connectivity index (χ2v) is 11.1. The van der Waals surface area contributed by atoms with Crippen LogP contribution in [0.25, 0.3) is 0 Å². The quantitative estimate of drug-likeness (QED) is 0.226. The summed E-state index contributed by atoms with van der Waals surface area (Å²) >= 11 is 0. The number of piperidine rings is 1. The van der Waals surface area contributed by atoms with Crippen molar-refractivity contribution < 1.29 is 47.2 Å². The molecule has 2 heterocycles. The number of methoxy groups -OCH3 is 1. The van der Waals surface area contributed by atoms with E-state index < -0.39 is 23.8 Å². The topological polar surface area (TPSA) is 107 Å². The van der Waals surface area contributed by atoms with Gasteiger partial charge in [0, 0.05) is 45.2 Å². The number of carbonyl (C=O) groups is 2. The predicted octanol–water partition coefficient (Wildman–Crippen LogP) is 5.63. The summed E-state index contributed by atoms with van der Waals surface area (Å²) in [5.41, 5.74) is 2.53. The molecule has 0 aliphatic carbocycles. The molecular formula is C34H38F2N2O8. The molecule has 2 unspecified atom stereocenters. The van der Waals surface area contributed by atoms with Crippen LogP contribution in [-0.4, -0.2) is 81.3 Å². The van der Waals surface area contributed by atoms with Gasteiger partial charge in [-0.05, 0) is 60.4 Å². The van der Waals surface area contributed by atoms with E-state index in [1.54, 1.807) is 12.0 Å². The number of anilines is 1. The van der Waals surface area contributed by atoms with Gasteiger partial charge in [-0.15, -0.1) is 0 Å². The third kappa shape index (κ3) is 8.43. The minimum atomic E-state index is -0.988. The number of fused-ring (bicyclic) bond motifs is 1. The van der Waals surface area contributed by atoms with Crippen molar-refractivity contribution in [1.82, 2.24) is 4.90 Å². The molecule has 1 fully saturated rings. The van der Waals surface area contributed by atoms with Crippen LogP contribution in [0.4, 0.5) is 19.3 Å². The first-order chi connectivity index (χ1) is 22.3. The number of carboxylic acid groups (broad SMARTS) is 1. The lowest BCUT2D eigenvalue weighted by atomic mass is 9.87. The number of benzene rings is 3. The van der Waals surface area contributed by atoms with Crippen LogP contribution in [0.3, 0.4) is 0 Å². The van der Waals surface area contributed by atoms with Crippen molar-refractivity contribution in [3.8, 4) is 17.2 Å². The third-order valence-electron chi connectivity index (χ3n) is 8.01. The van der Waals surface area contributed by atoms with Crippen LogP contribution in [-0.2, 0) is 20.9 Å². The molecule has 0 aromatic heterocycles. The monoisotopic (exact) mass is 640 g/mol. The lowest BCUT2D eigenvalue weighted by Gasteiger charge is -2.37. The van der Waals surface area contributed by atoms with Crippen molar-refractivity contribution in [3.05, 3.63) is 83.4 Å². The highest BCUT2D eigenvalue weighted by molar-refractivity contribution is 5.97. The molecule has 2 aliphatic heterocycles. The maximum Gasteiger partial charge on any atom is 0.407 e. The molecule has 0 bridgehead atoms. The van der Waals surface area contributed by atoms with Crippen LogP contribution in [0.1, 0.15) is 36.3 Å². The number of ether oxygens (including phenoxy) is 5. The van der Waals surface area contributed by atoms with Gasteiger partial charge in [-0.2, -0.15) is 0 Å². The number of carbonyl (C=O) groups excluding carboxylic acids is 1. The van der Waals surface area contributed by atoms with Gasteiger partial charge in [0.2, 0.25) is 0 Å². The van der Waals surface area contributed by atoms with Crippen LogP contribution in [0.15, 0.2) is 60.7 Å². The molecule has 0 spiro atoms. The molecule has 2 atom stereocenters. The summed E-state index contributed by atoms with van der Waals surface area (Å²) in [4.78, 5) is 27.5. The second-order valence-electron chi connectivity index (χ2n) is 11.1. The summed E-state index contributed by atoms with van der Waals surface area (Å²) < 4.78 is 55.1. The minimum absolute atomic E-state index is 0.00729. The normalized spacial score (nSPS) is 17.8. The Bertz CT molecular complexity index is 1490. The fraction of sp³-hybridized carbons (Fsp3) is 0.412. The molecule has 246 valence electrons. The summed E-state index contributed by atoms with van der Waals surface area (Å²) in [7, 11) is 1.62. The second kappa shape index (κ2) is 15.7. The van der Waals surface area contributed by atoms with Gasteiger partial charge in [-0.1, -0.05) is 18.2 Å². The fourth-order valence-electron chi connectivity index (χ4n) is 5.63. The van der Waals surface area contributed by atoms with Crippen molar-refractivity contribution in [2.24, 2.45) is 0 Å². The van der Waals surface area contributed by atoms with Gasteiger partial charge in [0.1, 0.15) is 17.3 Å². The number of nitrogens with zero attached hydrogens (tertiary/aromatic N) is 2. The smallest absolute Gasteiger partial charge is 0.407 e. The van der Waals surface area contributed by atoms with Crippen LogP contribution < -0.4 is 19.1 Å². The van der Waals surface area contributed by atoms with Crippen molar-refractivity contribution in [2.45, 2.75) is 37.9 Å². The zero-order valence-electron chi connectivity index (χ0n) is 25.7. The number of hydrogen-bond acceptors (Lipinski definition) is 7. The third-order valence-corrected chi connectivity index (χ3v) is 8.01. The molecule has 10 nitrogen and oxygen atoms in total. The van der Waals surface area contributed by atoms with Crippen molar-refractivity contribution >= 4 is 17.7 Å². The zero-order valence-corrected chi connectivity index (χ0v) is 25.7. The Balaban J connectivity index is 1.18. The summed E-state index contributed by atoms with van der Waals surface area (Å²) in [5.74, 6) is -0.298. The highest BCUT2D eigenvalue weighted by Gasteiger charge is 2.33. The van der Waals surface area contributed by atoms with Gasteiger partial charge in [-0.25, -0.2) is 13.6 Å². The maximum atomic E-state index is 13.7. The molecule has 1 N–H and O–H groups in total. The van der Waals surface area contributed by atoms with Gasteiger partial charge in [0.25, 0.3) is 5.91 Å². The summed E-state index contributed by atoms with van der Waals surface area (Å²) in [6, 6.07) is 16.4. The standard InChI is InChI=1S/C34H38F2N2O8/c1-42-15-2-13-38-29-18-23(4-10-31(29)46-22-33(38)39)21-45-32-20-37(34(40)41)14-12-27(32)24-5-8-26(9-6-24)43-16-3-17-44-30-11-7-25(35)19-28(30)36/h4-11,18-19,27,32H,2-3,12-17,20-22H2,1H3,(H,40,41). The Labute approximate surface area is 266 Å². The zero-order chi connectivity index (χ0) is 32.5. The molecule has 0 radical (unpaired) electrons. The first-order valence-corrected chi connectivity index (χ1v) is 15.3. The summed E-state index contributed by atoms with van der Waals surface area (Å²) in [5, 5.41) is 9.67. The van der Waals surface area contributed by atoms with Crippen molar-refractivity contribution in [1.29, 1.82) is 0 Å².